The minimum absolute atomic E-state index is 0.00683. The van der Waals surface area contributed by atoms with Crippen LogP contribution in [-0.2, 0) is 0 Å². The van der Waals surface area contributed by atoms with Gasteiger partial charge in [-0.15, -0.1) is 0 Å². The van der Waals surface area contributed by atoms with Gasteiger partial charge in [0.1, 0.15) is 12.7 Å². The van der Waals surface area contributed by atoms with E-state index < -0.39 is 6.03 Å². The van der Waals surface area contributed by atoms with E-state index in [0.29, 0.717) is 36.1 Å². The predicted molar refractivity (Wildman–Crippen MR) is 126 cm³/mol. The predicted octanol–water partition coefficient (Wildman–Crippen LogP) is 3.41. The Morgan fingerprint density at radius 1 is 0.909 bits per heavy atom. The molecule has 2 aromatic carbocycles. The summed E-state index contributed by atoms with van der Waals surface area (Å²) in [6.45, 7) is 7.53. The van der Waals surface area contributed by atoms with Crippen LogP contribution < -0.4 is 10.2 Å². The first kappa shape index (κ1) is 22.3. The van der Waals surface area contributed by atoms with Gasteiger partial charge in [0.2, 0.25) is 5.95 Å². The molecule has 1 fully saturated rings. The van der Waals surface area contributed by atoms with E-state index in [0.717, 1.165) is 13.1 Å². The summed E-state index contributed by atoms with van der Waals surface area (Å²) in [6.07, 6.45) is 2.68. The molecular formula is C24H27N7O2. The van der Waals surface area contributed by atoms with E-state index in [4.69, 9.17) is 0 Å². The monoisotopic (exact) mass is 445 g/mol. The molecule has 9 heteroatoms. The SMILES string of the molecule is CC(C)N1CCN(C(=O)c2ccc(NC(=O)N(c3ccccc3)c3ncncn3)cc2)CC1. The molecule has 1 aromatic heterocycles. The fraction of sp³-hybridized carbons (Fsp3) is 0.292. The number of aromatic nitrogens is 3. The summed E-state index contributed by atoms with van der Waals surface area (Å²) in [7, 11) is 0. The van der Waals surface area contributed by atoms with Crippen LogP contribution in [0.2, 0.25) is 0 Å². The number of carbonyl (C=O) groups excluding carboxylic acids is 2. The highest BCUT2D eigenvalue weighted by Gasteiger charge is 2.24. The average Bonchev–Trinajstić information content (AvgIpc) is 2.85. The summed E-state index contributed by atoms with van der Waals surface area (Å²) >= 11 is 0. The quantitative estimate of drug-likeness (QED) is 0.647. The van der Waals surface area contributed by atoms with Crippen molar-refractivity contribution in [2.24, 2.45) is 0 Å². The van der Waals surface area contributed by atoms with E-state index in [2.05, 4.69) is 39.0 Å². The van der Waals surface area contributed by atoms with Crippen LogP contribution in [-0.4, -0.2) is 68.9 Å². The molecule has 0 radical (unpaired) electrons. The zero-order valence-corrected chi connectivity index (χ0v) is 18.8. The summed E-state index contributed by atoms with van der Waals surface area (Å²) in [5.41, 5.74) is 1.79. The first-order valence-electron chi connectivity index (χ1n) is 10.9. The first-order chi connectivity index (χ1) is 16.0. The molecule has 4 rings (SSSR count). The maximum Gasteiger partial charge on any atom is 0.333 e. The molecule has 0 bridgehead atoms. The third kappa shape index (κ3) is 5.32. The Bertz CT molecular complexity index is 1030. The van der Waals surface area contributed by atoms with Gasteiger partial charge in [-0.25, -0.2) is 24.6 Å². The molecule has 1 N–H and O–H groups in total. The highest BCUT2D eigenvalue weighted by Crippen LogP contribution is 2.23. The van der Waals surface area contributed by atoms with Crippen molar-refractivity contribution in [3.63, 3.8) is 0 Å². The van der Waals surface area contributed by atoms with Crippen molar-refractivity contribution in [3.8, 4) is 0 Å². The van der Waals surface area contributed by atoms with Gasteiger partial charge in [-0.05, 0) is 50.2 Å². The van der Waals surface area contributed by atoms with Gasteiger partial charge in [0.15, 0.2) is 0 Å². The number of rotatable bonds is 5. The minimum Gasteiger partial charge on any atom is -0.336 e. The normalized spacial score (nSPS) is 14.2. The molecule has 3 aromatic rings. The summed E-state index contributed by atoms with van der Waals surface area (Å²) < 4.78 is 0. The fourth-order valence-corrected chi connectivity index (χ4v) is 3.75. The van der Waals surface area contributed by atoms with Crippen molar-refractivity contribution in [1.82, 2.24) is 24.8 Å². The molecule has 1 saturated heterocycles. The average molecular weight is 446 g/mol. The topological polar surface area (TPSA) is 94.6 Å². The standard InChI is InChI=1S/C24H27N7O2/c1-18(2)29-12-14-30(15-13-29)22(32)19-8-10-20(11-9-19)28-24(33)31(21-6-4-3-5-7-21)23-26-16-25-17-27-23/h3-11,16-18H,12-15H2,1-2H3,(H,28,33). The molecule has 0 unspecified atom stereocenters. The third-order valence-corrected chi connectivity index (χ3v) is 5.61. The Labute approximate surface area is 193 Å². The largest absolute Gasteiger partial charge is 0.336 e. The van der Waals surface area contributed by atoms with Crippen LogP contribution in [0.15, 0.2) is 67.3 Å². The number of urea groups is 1. The Morgan fingerprint density at radius 2 is 1.55 bits per heavy atom. The molecule has 0 saturated carbocycles. The molecule has 9 nitrogen and oxygen atoms in total. The minimum atomic E-state index is -0.420. The number of anilines is 3. The summed E-state index contributed by atoms with van der Waals surface area (Å²) in [5.74, 6) is 0.216. The Kier molecular flexibility index (Phi) is 6.89. The van der Waals surface area contributed by atoms with E-state index in [9.17, 15) is 9.59 Å². The zero-order chi connectivity index (χ0) is 23.2. The second-order valence-corrected chi connectivity index (χ2v) is 8.04. The Hall–Kier alpha value is -3.85. The van der Waals surface area contributed by atoms with Crippen LogP contribution in [0.5, 0.6) is 0 Å². The number of hydrogen-bond acceptors (Lipinski definition) is 6. The van der Waals surface area contributed by atoms with E-state index in [1.165, 1.54) is 17.6 Å². The van der Waals surface area contributed by atoms with Gasteiger partial charge in [-0.3, -0.25) is 9.69 Å². The van der Waals surface area contributed by atoms with Crippen LogP contribution in [0, 0.1) is 0 Å². The van der Waals surface area contributed by atoms with Crippen molar-refractivity contribution >= 4 is 29.3 Å². The second-order valence-electron chi connectivity index (χ2n) is 8.04. The summed E-state index contributed by atoms with van der Waals surface area (Å²) in [4.78, 5) is 43.6. The Morgan fingerprint density at radius 3 is 2.15 bits per heavy atom. The molecule has 1 aliphatic heterocycles. The lowest BCUT2D eigenvalue weighted by Gasteiger charge is -2.37. The number of benzene rings is 2. The molecule has 1 aliphatic rings. The van der Waals surface area contributed by atoms with Crippen LogP contribution >= 0.6 is 0 Å². The lowest BCUT2D eigenvalue weighted by atomic mass is 10.1. The highest BCUT2D eigenvalue weighted by molar-refractivity contribution is 6.06. The van der Waals surface area contributed by atoms with E-state index >= 15 is 0 Å². The molecular weight excluding hydrogens is 418 g/mol. The maximum absolute atomic E-state index is 13.1. The van der Waals surface area contributed by atoms with Crippen LogP contribution in [0.4, 0.5) is 22.1 Å². The van der Waals surface area contributed by atoms with Gasteiger partial charge in [0.05, 0.1) is 5.69 Å². The summed E-state index contributed by atoms with van der Waals surface area (Å²) in [5, 5.41) is 2.86. The van der Waals surface area contributed by atoms with Crippen molar-refractivity contribution in [2.75, 3.05) is 36.4 Å². The van der Waals surface area contributed by atoms with Gasteiger partial charge < -0.3 is 10.2 Å². The second kappa shape index (κ2) is 10.2. The Balaban J connectivity index is 1.44. The van der Waals surface area contributed by atoms with Crippen LogP contribution in [0.25, 0.3) is 0 Å². The number of nitrogens with one attached hydrogen (secondary N) is 1. The molecule has 3 amide bonds. The van der Waals surface area contributed by atoms with Gasteiger partial charge in [0.25, 0.3) is 5.91 Å². The molecule has 0 aliphatic carbocycles. The summed E-state index contributed by atoms with van der Waals surface area (Å²) in [6, 6.07) is 16.1. The molecule has 33 heavy (non-hydrogen) atoms. The molecule has 170 valence electrons. The van der Waals surface area contributed by atoms with Crippen molar-refractivity contribution in [2.45, 2.75) is 19.9 Å². The van der Waals surface area contributed by atoms with Gasteiger partial charge in [0, 0.05) is 43.5 Å². The van der Waals surface area contributed by atoms with E-state index in [1.54, 1.807) is 36.4 Å². The fourth-order valence-electron chi connectivity index (χ4n) is 3.75. The van der Waals surface area contributed by atoms with Gasteiger partial charge in [-0.2, -0.15) is 0 Å². The number of carbonyl (C=O) groups is 2. The van der Waals surface area contributed by atoms with Crippen LogP contribution in [0.3, 0.4) is 0 Å². The van der Waals surface area contributed by atoms with E-state index in [1.807, 2.05) is 23.1 Å². The van der Waals surface area contributed by atoms with Crippen molar-refractivity contribution < 1.29 is 9.59 Å². The number of nitrogens with zero attached hydrogens (tertiary/aromatic N) is 6. The van der Waals surface area contributed by atoms with E-state index in [-0.39, 0.29) is 11.9 Å². The van der Waals surface area contributed by atoms with Gasteiger partial charge >= 0.3 is 6.03 Å². The van der Waals surface area contributed by atoms with Gasteiger partial charge in [-0.1, -0.05) is 18.2 Å². The number of para-hydroxylation sites is 1. The lowest BCUT2D eigenvalue weighted by molar-refractivity contribution is 0.0595. The smallest absolute Gasteiger partial charge is 0.333 e. The molecule has 0 atom stereocenters. The number of hydrogen-bond donors (Lipinski definition) is 1. The van der Waals surface area contributed by atoms with Crippen LogP contribution in [0.1, 0.15) is 24.2 Å². The third-order valence-electron chi connectivity index (χ3n) is 5.61. The lowest BCUT2D eigenvalue weighted by Crippen LogP contribution is -2.50. The molecule has 0 spiro atoms. The number of amides is 3. The zero-order valence-electron chi connectivity index (χ0n) is 18.8. The highest BCUT2D eigenvalue weighted by atomic mass is 16.2. The van der Waals surface area contributed by atoms with Crippen molar-refractivity contribution in [3.05, 3.63) is 72.8 Å². The number of piperazine rings is 1. The first-order valence-corrected chi connectivity index (χ1v) is 10.9. The van der Waals surface area contributed by atoms with Crippen molar-refractivity contribution in [1.29, 1.82) is 0 Å². The molecule has 2 heterocycles. The maximum atomic E-state index is 13.1.